The Balaban J connectivity index is 1.84. The van der Waals surface area contributed by atoms with Gasteiger partial charge in [0.1, 0.15) is 6.04 Å². The number of rotatable bonds is 5. The Kier molecular flexibility index (Phi) is 5.29. The summed E-state index contributed by atoms with van der Waals surface area (Å²) in [6.45, 7) is 3.31. The standard InChI is InChI=1S/C18H19ClN4O4/c1-10-8-16(25)23(18(26)22(10)3)11(2)17-20-15(21-27-17)9-14(24)12-4-6-13(19)7-5-12/h4-8,11,14,24H,9H2,1-3H3/t11-,14+/m1/s1. The van der Waals surface area contributed by atoms with Gasteiger partial charge in [-0.05, 0) is 31.5 Å². The molecule has 9 heteroatoms. The Morgan fingerprint density at radius 3 is 2.59 bits per heavy atom. The van der Waals surface area contributed by atoms with Gasteiger partial charge in [0, 0.05) is 30.3 Å². The van der Waals surface area contributed by atoms with Crippen molar-refractivity contribution in [3.05, 3.63) is 79.2 Å². The number of nitrogens with zero attached hydrogens (tertiary/aromatic N) is 4. The van der Waals surface area contributed by atoms with Crippen LogP contribution in [-0.4, -0.2) is 24.4 Å². The van der Waals surface area contributed by atoms with Crippen LogP contribution in [0, 0.1) is 6.92 Å². The van der Waals surface area contributed by atoms with Gasteiger partial charge >= 0.3 is 5.69 Å². The van der Waals surface area contributed by atoms with Crippen molar-refractivity contribution in [2.24, 2.45) is 7.05 Å². The van der Waals surface area contributed by atoms with E-state index in [1.165, 1.54) is 10.6 Å². The number of aromatic nitrogens is 4. The van der Waals surface area contributed by atoms with Gasteiger partial charge in [0.05, 0.1) is 6.10 Å². The molecule has 27 heavy (non-hydrogen) atoms. The normalized spacial score (nSPS) is 13.5. The molecule has 2 aromatic heterocycles. The molecule has 0 aliphatic carbocycles. The molecule has 0 saturated carbocycles. The van der Waals surface area contributed by atoms with Crippen molar-refractivity contribution in [1.82, 2.24) is 19.3 Å². The van der Waals surface area contributed by atoms with E-state index in [0.717, 1.165) is 4.57 Å². The molecule has 142 valence electrons. The molecule has 0 radical (unpaired) electrons. The van der Waals surface area contributed by atoms with Crippen LogP contribution in [0.4, 0.5) is 0 Å². The quantitative estimate of drug-likeness (QED) is 0.712. The second kappa shape index (κ2) is 7.50. The first-order valence-electron chi connectivity index (χ1n) is 8.33. The highest BCUT2D eigenvalue weighted by atomic mass is 35.5. The summed E-state index contributed by atoms with van der Waals surface area (Å²) in [6.07, 6.45) is -0.712. The zero-order valence-electron chi connectivity index (χ0n) is 15.1. The molecule has 0 aliphatic heterocycles. The SMILES string of the molecule is Cc1cc(=O)n([C@H](C)c2nc(C[C@H](O)c3ccc(Cl)cc3)no2)c(=O)n1C. The van der Waals surface area contributed by atoms with Crippen LogP contribution < -0.4 is 11.2 Å². The van der Waals surface area contributed by atoms with Crippen LogP contribution >= 0.6 is 11.6 Å². The lowest BCUT2D eigenvalue weighted by molar-refractivity contribution is 0.174. The molecule has 0 bridgehead atoms. The van der Waals surface area contributed by atoms with Crippen LogP contribution in [0.1, 0.15) is 42.0 Å². The third-order valence-electron chi connectivity index (χ3n) is 4.45. The fourth-order valence-electron chi connectivity index (χ4n) is 2.71. The predicted octanol–water partition coefficient (Wildman–Crippen LogP) is 1.78. The maximum Gasteiger partial charge on any atom is 0.331 e. The van der Waals surface area contributed by atoms with Gasteiger partial charge in [-0.1, -0.05) is 28.9 Å². The first-order valence-corrected chi connectivity index (χ1v) is 8.71. The molecule has 0 fully saturated rings. The van der Waals surface area contributed by atoms with Gasteiger partial charge < -0.3 is 14.2 Å². The van der Waals surface area contributed by atoms with Gasteiger partial charge in [-0.3, -0.25) is 4.79 Å². The molecular weight excluding hydrogens is 372 g/mol. The van der Waals surface area contributed by atoms with E-state index in [1.54, 1.807) is 45.2 Å². The lowest BCUT2D eigenvalue weighted by Crippen LogP contribution is -2.41. The molecule has 3 aromatic rings. The number of halogens is 1. The van der Waals surface area contributed by atoms with E-state index < -0.39 is 23.4 Å². The highest BCUT2D eigenvalue weighted by Gasteiger charge is 2.22. The minimum atomic E-state index is -0.835. The molecule has 0 saturated heterocycles. The van der Waals surface area contributed by atoms with Gasteiger partial charge in [0.2, 0.25) is 5.89 Å². The Morgan fingerprint density at radius 1 is 1.26 bits per heavy atom. The van der Waals surface area contributed by atoms with Crippen LogP contribution in [0.3, 0.4) is 0 Å². The summed E-state index contributed by atoms with van der Waals surface area (Å²) < 4.78 is 7.65. The zero-order valence-corrected chi connectivity index (χ0v) is 15.8. The van der Waals surface area contributed by atoms with E-state index in [-0.39, 0.29) is 18.1 Å². The lowest BCUT2D eigenvalue weighted by Gasteiger charge is -2.12. The van der Waals surface area contributed by atoms with Crippen molar-refractivity contribution in [3.63, 3.8) is 0 Å². The summed E-state index contributed by atoms with van der Waals surface area (Å²) in [7, 11) is 1.59. The molecule has 1 N–H and O–H groups in total. The average molecular weight is 391 g/mol. The Bertz CT molecular complexity index is 1070. The number of aryl methyl sites for hydroxylation is 1. The van der Waals surface area contributed by atoms with Crippen molar-refractivity contribution in [2.75, 3.05) is 0 Å². The van der Waals surface area contributed by atoms with E-state index >= 15 is 0 Å². The third-order valence-corrected chi connectivity index (χ3v) is 4.70. The van der Waals surface area contributed by atoms with Crippen molar-refractivity contribution in [1.29, 1.82) is 0 Å². The fraction of sp³-hybridized carbons (Fsp3) is 0.333. The Labute approximate surface area is 159 Å². The minimum Gasteiger partial charge on any atom is -0.388 e. The highest BCUT2D eigenvalue weighted by molar-refractivity contribution is 6.30. The predicted molar refractivity (Wildman–Crippen MR) is 98.9 cm³/mol. The zero-order chi connectivity index (χ0) is 19.7. The second-order valence-electron chi connectivity index (χ2n) is 6.33. The van der Waals surface area contributed by atoms with Crippen molar-refractivity contribution >= 4 is 11.6 Å². The summed E-state index contributed by atoms with van der Waals surface area (Å²) in [5, 5.41) is 14.7. The van der Waals surface area contributed by atoms with E-state index in [4.69, 9.17) is 16.1 Å². The van der Waals surface area contributed by atoms with Crippen LogP contribution in [0.15, 0.2) is 44.4 Å². The first kappa shape index (κ1) is 19.1. The minimum absolute atomic E-state index is 0.122. The molecular formula is C18H19ClN4O4. The number of aliphatic hydroxyl groups excluding tert-OH is 1. The van der Waals surface area contributed by atoms with Crippen molar-refractivity contribution in [2.45, 2.75) is 32.4 Å². The molecule has 2 atom stereocenters. The molecule has 0 unspecified atom stereocenters. The maximum absolute atomic E-state index is 12.4. The molecule has 0 aliphatic rings. The topological polar surface area (TPSA) is 103 Å². The maximum atomic E-state index is 12.4. The average Bonchev–Trinajstić information content (AvgIpc) is 3.08. The van der Waals surface area contributed by atoms with Gasteiger partial charge in [0.15, 0.2) is 5.82 Å². The van der Waals surface area contributed by atoms with Gasteiger partial charge in [-0.2, -0.15) is 4.98 Å². The van der Waals surface area contributed by atoms with Crippen molar-refractivity contribution < 1.29 is 9.63 Å². The largest absolute Gasteiger partial charge is 0.388 e. The molecule has 8 nitrogen and oxygen atoms in total. The number of benzene rings is 1. The highest BCUT2D eigenvalue weighted by Crippen LogP contribution is 2.20. The molecule has 3 rings (SSSR count). The van der Waals surface area contributed by atoms with Crippen molar-refractivity contribution in [3.8, 4) is 0 Å². The van der Waals surface area contributed by atoms with Crippen LogP contribution in [0.5, 0.6) is 0 Å². The van der Waals surface area contributed by atoms with Crippen LogP contribution in [-0.2, 0) is 13.5 Å². The molecule has 0 spiro atoms. The Hall–Kier alpha value is -2.71. The molecule has 0 amide bonds. The van der Waals surface area contributed by atoms with Gasteiger partial charge in [0.25, 0.3) is 5.56 Å². The molecule has 2 heterocycles. The summed E-state index contributed by atoms with van der Waals surface area (Å²) in [6, 6.07) is 7.44. The van der Waals surface area contributed by atoms with Gasteiger partial charge in [-0.25, -0.2) is 9.36 Å². The molecule has 1 aromatic carbocycles. The van der Waals surface area contributed by atoms with E-state index in [0.29, 0.717) is 16.3 Å². The number of hydrogen-bond donors (Lipinski definition) is 1. The van der Waals surface area contributed by atoms with Gasteiger partial charge in [-0.15, -0.1) is 0 Å². The summed E-state index contributed by atoms with van der Waals surface area (Å²) in [5.41, 5.74) is 0.325. The van der Waals surface area contributed by atoms with Crippen LogP contribution in [0.25, 0.3) is 0 Å². The van der Waals surface area contributed by atoms with E-state index in [9.17, 15) is 14.7 Å². The van der Waals surface area contributed by atoms with E-state index in [2.05, 4.69) is 10.1 Å². The van der Waals surface area contributed by atoms with E-state index in [1.807, 2.05) is 0 Å². The number of hydrogen-bond acceptors (Lipinski definition) is 6. The fourth-order valence-corrected chi connectivity index (χ4v) is 2.84. The lowest BCUT2D eigenvalue weighted by atomic mass is 10.1. The summed E-state index contributed by atoms with van der Waals surface area (Å²) in [4.78, 5) is 28.9. The number of aliphatic hydroxyl groups is 1. The smallest absolute Gasteiger partial charge is 0.331 e. The Morgan fingerprint density at radius 2 is 1.93 bits per heavy atom. The van der Waals surface area contributed by atoms with Crippen LogP contribution in [0.2, 0.25) is 5.02 Å². The monoisotopic (exact) mass is 390 g/mol. The first-order chi connectivity index (χ1) is 12.8. The summed E-state index contributed by atoms with van der Waals surface area (Å²) in [5.74, 6) is 0.396. The second-order valence-corrected chi connectivity index (χ2v) is 6.77. The summed E-state index contributed by atoms with van der Waals surface area (Å²) >= 11 is 5.84. The third kappa shape index (κ3) is 3.86.